The monoisotopic (exact) mass is 384 g/mol. The van der Waals surface area contributed by atoms with E-state index in [1.54, 1.807) is 13.8 Å². The number of fused-ring (bicyclic) bond motifs is 1. The van der Waals surface area contributed by atoms with Crippen molar-refractivity contribution in [3.63, 3.8) is 0 Å². The number of rotatable bonds is 5. The molecule has 0 atom stereocenters. The van der Waals surface area contributed by atoms with Crippen LogP contribution >= 0.6 is 0 Å². The first kappa shape index (κ1) is 19.3. The number of aromatic amines is 1. The van der Waals surface area contributed by atoms with Gasteiger partial charge in [0.1, 0.15) is 0 Å². The lowest BCUT2D eigenvalue weighted by Crippen LogP contribution is -2.28. The molecule has 2 N–H and O–H groups in total. The molecule has 142 valence electrons. The zero-order valence-corrected chi connectivity index (χ0v) is 16.8. The van der Waals surface area contributed by atoms with Gasteiger partial charge in [-0.15, -0.1) is 0 Å². The van der Waals surface area contributed by atoms with E-state index >= 15 is 0 Å². The SMILES string of the molecule is Cc1cc(C)c(S(=O)(=O)NCCc2cc3ccc(C)cc3[nH]c2=O)c(C)c1. The van der Waals surface area contributed by atoms with Gasteiger partial charge in [-0.05, 0) is 68.3 Å². The van der Waals surface area contributed by atoms with Crippen LogP contribution in [0.5, 0.6) is 0 Å². The highest BCUT2D eigenvalue weighted by atomic mass is 32.2. The number of hydrogen-bond acceptors (Lipinski definition) is 3. The fourth-order valence-corrected chi connectivity index (χ4v) is 5.01. The molecule has 0 aliphatic rings. The maximum Gasteiger partial charge on any atom is 0.251 e. The van der Waals surface area contributed by atoms with Gasteiger partial charge in [-0.2, -0.15) is 0 Å². The largest absolute Gasteiger partial charge is 0.322 e. The highest BCUT2D eigenvalue weighted by Gasteiger charge is 2.19. The zero-order chi connectivity index (χ0) is 19.8. The summed E-state index contributed by atoms with van der Waals surface area (Å²) in [5.74, 6) is 0. The summed E-state index contributed by atoms with van der Waals surface area (Å²) in [4.78, 5) is 15.5. The smallest absolute Gasteiger partial charge is 0.251 e. The minimum atomic E-state index is -3.63. The molecule has 27 heavy (non-hydrogen) atoms. The topological polar surface area (TPSA) is 79.0 Å². The first-order chi connectivity index (χ1) is 12.7. The van der Waals surface area contributed by atoms with E-state index in [2.05, 4.69) is 9.71 Å². The Balaban J connectivity index is 1.80. The predicted molar refractivity (Wildman–Crippen MR) is 109 cm³/mol. The molecule has 1 aromatic heterocycles. The van der Waals surface area contributed by atoms with Crippen LogP contribution in [0.15, 0.2) is 46.1 Å². The molecular formula is C21H24N2O3S. The number of aromatic nitrogens is 1. The van der Waals surface area contributed by atoms with Crippen LogP contribution in [0.1, 0.15) is 27.8 Å². The quantitative estimate of drug-likeness (QED) is 0.708. The first-order valence-electron chi connectivity index (χ1n) is 8.87. The average molecular weight is 385 g/mol. The zero-order valence-electron chi connectivity index (χ0n) is 16.0. The number of aryl methyl sites for hydroxylation is 4. The van der Waals surface area contributed by atoms with Crippen LogP contribution in [-0.4, -0.2) is 19.9 Å². The van der Waals surface area contributed by atoms with Gasteiger partial charge in [0.05, 0.1) is 4.90 Å². The Morgan fingerprint density at radius 2 is 1.59 bits per heavy atom. The number of pyridine rings is 1. The molecule has 0 bridgehead atoms. The standard InChI is InChI=1S/C21H24N2O3S/c1-13-5-6-17-12-18(21(24)23-19(17)11-13)7-8-22-27(25,26)20-15(3)9-14(2)10-16(20)4/h5-6,9-12,22H,7-8H2,1-4H3,(H,23,24). The van der Waals surface area contributed by atoms with Crippen LogP contribution in [0.4, 0.5) is 0 Å². The molecule has 6 heteroatoms. The predicted octanol–water partition coefficient (Wildman–Crippen LogP) is 3.28. The van der Waals surface area contributed by atoms with E-state index < -0.39 is 10.0 Å². The molecule has 1 heterocycles. The van der Waals surface area contributed by atoms with E-state index in [0.717, 1.165) is 33.2 Å². The van der Waals surface area contributed by atoms with E-state index in [0.29, 0.717) is 16.9 Å². The Kier molecular flexibility index (Phi) is 5.22. The second-order valence-electron chi connectivity index (χ2n) is 7.09. The van der Waals surface area contributed by atoms with E-state index in [1.807, 2.05) is 50.2 Å². The van der Waals surface area contributed by atoms with E-state index in [1.165, 1.54) is 0 Å². The van der Waals surface area contributed by atoms with Gasteiger partial charge in [0.25, 0.3) is 5.56 Å². The van der Waals surface area contributed by atoms with E-state index in [4.69, 9.17) is 0 Å². The Morgan fingerprint density at radius 3 is 2.26 bits per heavy atom. The molecule has 0 saturated heterocycles. The molecule has 2 aromatic carbocycles. The molecule has 0 aliphatic heterocycles. The summed E-state index contributed by atoms with van der Waals surface area (Å²) in [5.41, 5.74) is 4.71. The summed E-state index contributed by atoms with van der Waals surface area (Å²) in [7, 11) is -3.63. The Bertz CT molecular complexity index is 1150. The van der Waals surface area contributed by atoms with Gasteiger partial charge < -0.3 is 4.98 Å². The van der Waals surface area contributed by atoms with Crippen molar-refractivity contribution in [2.75, 3.05) is 6.54 Å². The summed E-state index contributed by atoms with van der Waals surface area (Å²) in [6.45, 7) is 7.66. The van der Waals surface area contributed by atoms with Crippen molar-refractivity contribution in [2.24, 2.45) is 0 Å². The summed E-state index contributed by atoms with van der Waals surface area (Å²) in [5, 5.41) is 0.934. The normalized spacial score (nSPS) is 11.9. The fourth-order valence-electron chi connectivity index (χ4n) is 3.53. The van der Waals surface area contributed by atoms with Gasteiger partial charge in [-0.3, -0.25) is 4.79 Å². The molecule has 0 spiro atoms. The molecule has 3 rings (SSSR count). The third-order valence-electron chi connectivity index (χ3n) is 4.64. The molecular weight excluding hydrogens is 360 g/mol. The lowest BCUT2D eigenvalue weighted by molar-refractivity contribution is 0.580. The lowest BCUT2D eigenvalue weighted by atomic mass is 10.1. The Labute approximate surface area is 159 Å². The van der Waals surface area contributed by atoms with Crippen molar-refractivity contribution in [1.82, 2.24) is 9.71 Å². The average Bonchev–Trinajstić information content (AvgIpc) is 2.54. The fraction of sp³-hybridized carbons (Fsp3) is 0.286. The van der Waals surface area contributed by atoms with Gasteiger partial charge in [0, 0.05) is 17.6 Å². The summed E-state index contributed by atoms with van der Waals surface area (Å²) >= 11 is 0. The third-order valence-corrected chi connectivity index (χ3v) is 6.40. The maximum absolute atomic E-state index is 12.7. The van der Waals surface area contributed by atoms with Gasteiger partial charge in [-0.1, -0.05) is 29.8 Å². The second-order valence-corrected chi connectivity index (χ2v) is 8.79. The molecule has 5 nitrogen and oxygen atoms in total. The van der Waals surface area contributed by atoms with Crippen LogP contribution in [0.2, 0.25) is 0 Å². The van der Waals surface area contributed by atoms with Gasteiger partial charge in [0.2, 0.25) is 10.0 Å². The summed E-state index contributed by atoms with van der Waals surface area (Å²) in [6.07, 6.45) is 0.322. The molecule has 0 unspecified atom stereocenters. The van der Waals surface area contributed by atoms with Crippen LogP contribution in [-0.2, 0) is 16.4 Å². The highest BCUT2D eigenvalue weighted by Crippen LogP contribution is 2.21. The molecule has 0 fully saturated rings. The van der Waals surface area contributed by atoms with Crippen LogP contribution in [0, 0.1) is 27.7 Å². The highest BCUT2D eigenvalue weighted by molar-refractivity contribution is 7.89. The summed E-state index contributed by atoms with van der Waals surface area (Å²) < 4.78 is 28.1. The van der Waals surface area contributed by atoms with Gasteiger partial charge >= 0.3 is 0 Å². The Hall–Kier alpha value is -2.44. The van der Waals surface area contributed by atoms with Crippen LogP contribution in [0.3, 0.4) is 0 Å². The number of H-pyrrole nitrogens is 1. The minimum Gasteiger partial charge on any atom is -0.322 e. The van der Waals surface area contributed by atoms with E-state index in [9.17, 15) is 13.2 Å². The second kappa shape index (κ2) is 7.29. The minimum absolute atomic E-state index is 0.162. The van der Waals surface area contributed by atoms with Crippen molar-refractivity contribution in [2.45, 2.75) is 39.0 Å². The van der Waals surface area contributed by atoms with Crippen LogP contribution < -0.4 is 10.3 Å². The number of benzene rings is 2. The summed E-state index contributed by atoms with van der Waals surface area (Å²) in [6, 6.07) is 11.4. The first-order valence-corrected chi connectivity index (χ1v) is 10.4. The lowest BCUT2D eigenvalue weighted by Gasteiger charge is -2.13. The van der Waals surface area contributed by atoms with Crippen molar-refractivity contribution in [3.8, 4) is 0 Å². The van der Waals surface area contributed by atoms with E-state index in [-0.39, 0.29) is 12.1 Å². The Morgan fingerprint density at radius 1 is 0.926 bits per heavy atom. The van der Waals surface area contributed by atoms with Crippen molar-refractivity contribution in [1.29, 1.82) is 0 Å². The van der Waals surface area contributed by atoms with Crippen molar-refractivity contribution >= 4 is 20.9 Å². The molecule has 0 radical (unpaired) electrons. The van der Waals surface area contributed by atoms with Crippen molar-refractivity contribution < 1.29 is 8.42 Å². The third kappa shape index (κ3) is 4.12. The molecule has 0 aliphatic carbocycles. The van der Waals surface area contributed by atoms with Crippen molar-refractivity contribution in [3.05, 3.63) is 74.6 Å². The molecule has 0 amide bonds. The molecule has 3 aromatic rings. The number of hydrogen-bond donors (Lipinski definition) is 2. The molecule has 0 saturated carbocycles. The maximum atomic E-state index is 12.7. The number of sulfonamides is 1. The van der Waals surface area contributed by atoms with Gasteiger partial charge in [0.15, 0.2) is 0 Å². The van der Waals surface area contributed by atoms with Crippen LogP contribution in [0.25, 0.3) is 10.9 Å². The number of nitrogens with one attached hydrogen (secondary N) is 2. The van der Waals surface area contributed by atoms with Gasteiger partial charge in [-0.25, -0.2) is 13.1 Å².